The molecule has 1 aliphatic heterocycles. The van der Waals surface area contributed by atoms with Gasteiger partial charge in [-0.05, 0) is 54.4 Å². The van der Waals surface area contributed by atoms with Gasteiger partial charge in [0.2, 0.25) is 0 Å². The Hall–Kier alpha value is -1.94. The Bertz CT molecular complexity index is 684. The second-order valence-electron chi connectivity index (χ2n) is 5.33. The van der Waals surface area contributed by atoms with Crippen molar-refractivity contribution in [2.24, 2.45) is 0 Å². The van der Waals surface area contributed by atoms with Gasteiger partial charge in [-0.15, -0.1) is 0 Å². The van der Waals surface area contributed by atoms with Crippen LogP contribution in [-0.4, -0.2) is 16.6 Å². The first kappa shape index (κ1) is 14.0. The summed E-state index contributed by atoms with van der Waals surface area (Å²) in [6, 6.07) is 13.5. The standard InChI is InChI=1S/C17H17FN2S/c1-12-6-7-15(10-16(12)18)19-17(21)20-9-8-13-4-2-3-5-14(13)11-20/h2-7,10H,8-9,11H2,1H3,(H,19,21). The lowest BCUT2D eigenvalue weighted by Gasteiger charge is -2.31. The Labute approximate surface area is 129 Å². The maximum absolute atomic E-state index is 13.6. The predicted molar refractivity (Wildman–Crippen MR) is 87.9 cm³/mol. The molecule has 1 N–H and O–H groups in total. The molecule has 21 heavy (non-hydrogen) atoms. The van der Waals surface area contributed by atoms with Crippen molar-refractivity contribution in [2.45, 2.75) is 19.9 Å². The van der Waals surface area contributed by atoms with Crippen LogP contribution < -0.4 is 5.32 Å². The lowest BCUT2D eigenvalue weighted by Crippen LogP contribution is -2.38. The number of aryl methyl sites for hydroxylation is 1. The molecule has 0 saturated carbocycles. The van der Waals surface area contributed by atoms with E-state index in [0.717, 1.165) is 19.5 Å². The van der Waals surface area contributed by atoms with Gasteiger partial charge in [-0.1, -0.05) is 30.3 Å². The molecule has 0 aromatic heterocycles. The van der Waals surface area contributed by atoms with Crippen LogP contribution in [0.4, 0.5) is 10.1 Å². The number of rotatable bonds is 1. The van der Waals surface area contributed by atoms with Crippen LogP contribution in [0.2, 0.25) is 0 Å². The van der Waals surface area contributed by atoms with Gasteiger partial charge in [0.25, 0.3) is 0 Å². The van der Waals surface area contributed by atoms with Crippen LogP contribution in [0.1, 0.15) is 16.7 Å². The molecule has 0 unspecified atom stereocenters. The number of hydrogen-bond donors (Lipinski definition) is 1. The molecule has 0 atom stereocenters. The number of hydrogen-bond acceptors (Lipinski definition) is 1. The van der Waals surface area contributed by atoms with Gasteiger partial charge in [-0.2, -0.15) is 0 Å². The third-order valence-corrected chi connectivity index (χ3v) is 4.20. The molecule has 108 valence electrons. The first-order valence-electron chi connectivity index (χ1n) is 7.02. The average Bonchev–Trinajstić information content (AvgIpc) is 2.50. The van der Waals surface area contributed by atoms with Crippen LogP contribution in [0, 0.1) is 12.7 Å². The zero-order valence-corrected chi connectivity index (χ0v) is 12.7. The van der Waals surface area contributed by atoms with Crippen LogP contribution in [-0.2, 0) is 13.0 Å². The number of benzene rings is 2. The van der Waals surface area contributed by atoms with Gasteiger partial charge in [0, 0.05) is 18.8 Å². The highest BCUT2D eigenvalue weighted by Crippen LogP contribution is 2.20. The second kappa shape index (κ2) is 5.82. The summed E-state index contributed by atoms with van der Waals surface area (Å²) in [5.41, 5.74) is 4.03. The van der Waals surface area contributed by atoms with Crippen LogP contribution in [0.5, 0.6) is 0 Å². The van der Waals surface area contributed by atoms with Gasteiger partial charge in [0.1, 0.15) is 5.82 Å². The van der Waals surface area contributed by atoms with Gasteiger partial charge in [-0.3, -0.25) is 0 Å². The molecular weight excluding hydrogens is 283 g/mol. The summed E-state index contributed by atoms with van der Waals surface area (Å²) >= 11 is 5.45. The maximum Gasteiger partial charge on any atom is 0.173 e. The summed E-state index contributed by atoms with van der Waals surface area (Å²) < 4.78 is 13.6. The van der Waals surface area contributed by atoms with Crippen molar-refractivity contribution in [3.8, 4) is 0 Å². The molecule has 0 saturated heterocycles. The Morgan fingerprint density at radius 2 is 1.95 bits per heavy atom. The van der Waals surface area contributed by atoms with E-state index in [4.69, 9.17) is 12.2 Å². The molecule has 0 fully saturated rings. The molecule has 0 amide bonds. The van der Waals surface area contributed by atoms with Crippen molar-refractivity contribution in [3.63, 3.8) is 0 Å². The molecule has 0 radical (unpaired) electrons. The van der Waals surface area contributed by atoms with E-state index >= 15 is 0 Å². The topological polar surface area (TPSA) is 15.3 Å². The molecule has 0 spiro atoms. The van der Waals surface area contributed by atoms with E-state index in [-0.39, 0.29) is 5.82 Å². The molecule has 4 heteroatoms. The van der Waals surface area contributed by atoms with E-state index < -0.39 is 0 Å². The smallest absolute Gasteiger partial charge is 0.173 e. The third kappa shape index (κ3) is 3.05. The molecular formula is C17H17FN2S. The fourth-order valence-electron chi connectivity index (χ4n) is 2.54. The van der Waals surface area contributed by atoms with E-state index in [2.05, 4.69) is 28.4 Å². The summed E-state index contributed by atoms with van der Waals surface area (Å²) in [5.74, 6) is -0.216. The zero-order valence-electron chi connectivity index (χ0n) is 11.9. The van der Waals surface area contributed by atoms with Crippen LogP contribution in [0.25, 0.3) is 0 Å². The molecule has 3 rings (SSSR count). The summed E-state index contributed by atoms with van der Waals surface area (Å²) in [7, 11) is 0. The summed E-state index contributed by atoms with van der Waals surface area (Å²) in [6.07, 6.45) is 0.986. The fraction of sp³-hybridized carbons (Fsp3) is 0.235. The molecule has 0 bridgehead atoms. The monoisotopic (exact) mass is 300 g/mol. The second-order valence-corrected chi connectivity index (χ2v) is 5.72. The number of thiocarbonyl (C=S) groups is 1. The van der Waals surface area contributed by atoms with Gasteiger partial charge in [0.05, 0.1) is 0 Å². The van der Waals surface area contributed by atoms with Crippen molar-refractivity contribution in [3.05, 3.63) is 65.0 Å². The highest BCUT2D eigenvalue weighted by atomic mass is 32.1. The van der Waals surface area contributed by atoms with Crippen molar-refractivity contribution < 1.29 is 4.39 Å². The normalized spacial score (nSPS) is 13.7. The Balaban J connectivity index is 1.70. The summed E-state index contributed by atoms with van der Waals surface area (Å²) in [4.78, 5) is 2.12. The van der Waals surface area contributed by atoms with Crippen LogP contribution >= 0.6 is 12.2 Å². The van der Waals surface area contributed by atoms with Gasteiger partial charge in [-0.25, -0.2) is 4.39 Å². The highest BCUT2D eigenvalue weighted by Gasteiger charge is 2.18. The largest absolute Gasteiger partial charge is 0.344 e. The first-order chi connectivity index (χ1) is 10.1. The predicted octanol–water partition coefficient (Wildman–Crippen LogP) is 3.89. The van der Waals surface area contributed by atoms with Crippen LogP contribution in [0.15, 0.2) is 42.5 Å². The maximum atomic E-state index is 13.6. The number of nitrogens with one attached hydrogen (secondary N) is 1. The number of nitrogens with zero attached hydrogens (tertiary/aromatic N) is 1. The molecule has 2 aromatic carbocycles. The van der Waals surface area contributed by atoms with E-state index in [9.17, 15) is 4.39 Å². The summed E-state index contributed by atoms with van der Waals surface area (Å²) in [6.45, 7) is 3.44. The number of halogens is 1. The fourth-order valence-corrected chi connectivity index (χ4v) is 2.82. The number of fused-ring (bicyclic) bond motifs is 1. The van der Waals surface area contributed by atoms with Crippen molar-refractivity contribution in [1.29, 1.82) is 0 Å². The lowest BCUT2D eigenvalue weighted by molar-refractivity contribution is 0.399. The van der Waals surface area contributed by atoms with Gasteiger partial charge in [0.15, 0.2) is 5.11 Å². The Morgan fingerprint density at radius 1 is 1.19 bits per heavy atom. The first-order valence-corrected chi connectivity index (χ1v) is 7.43. The van der Waals surface area contributed by atoms with E-state index in [1.807, 2.05) is 12.1 Å². The zero-order chi connectivity index (χ0) is 14.8. The molecule has 2 aromatic rings. The summed E-state index contributed by atoms with van der Waals surface area (Å²) in [5, 5.41) is 3.77. The van der Waals surface area contributed by atoms with Crippen LogP contribution in [0.3, 0.4) is 0 Å². The quantitative estimate of drug-likeness (QED) is 0.804. The SMILES string of the molecule is Cc1ccc(NC(=S)N2CCc3ccccc3C2)cc1F. The molecule has 1 aliphatic rings. The Kier molecular flexibility index (Phi) is 3.88. The minimum atomic E-state index is -0.216. The van der Waals surface area contributed by atoms with Crippen molar-refractivity contribution in [1.82, 2.24) is 4.90 Å². The van der Waals surface area contributed by atoms with Gasteiger partial charge < -0.3 is 10.2 Å². The molecule has 1 heterocycles. The number of anilines is 1. The third-order valence-electron chi connectivity index (χ3n) is 3.84. The highest BCUT2D eigenvalue weighted by molar-refractivity contribution is 7.80. The van der Waals surface area contributed by atoms with Crippen molar-refractivity contribution in [2.75, 3.05) is 11.9 Å². The Morgan fingerprint density at radius 3 is 2.71 bits per heavy atom. The van der Waals surface area contributed by atoms with E-state index in [1.165, 1.54) is 17.2 Å². The lowest BCUT2D eigenvalue weighted by atomic mass is 10.0. The minimum Gasteiger partial charge on any atom is -0.344 e. The van der Waals surface area contributed by atoms with E-state index in [1.54, 1.807) is 13.0 Å². The molecule has 0 aliphatic carbocycles. The average molecular weight is 300 g/mol. The minimum absolute atomic E-state index is 0.216. The van der Waals surface area contributed by atoms with E-state index in [0.29, 0.717) is 16.4 Å². The van der Waals surface area contributed by atoms with Crippen molar-refractivity contribution >= 4 is 23.0 Å². The molecule has 2 nitrogen and oxygen atoms in total. The van der Waals surface area contributed by atoms with Gasteiger partial charge >= 0.3 is 0 Å².